The van der Waals surface area contributed by atoms with Crippen molar-refractivity contribution in [2.24, 2.45) is 0 Å². The van der Waals surface area contributed by atoms with Crippen LogP contribution in [0.3, 0.4) is 0 Å². The summed E-state index contributed by atoms with van der Waals surface area (Å²) < 4.78 is 5.68. The number of nitrogens with zero attached hydrogens (tertiary/aromatic N) is 1. The Balaban J connectivity index is 2.56. The number of aryl methyl sites for hydroxylation is 1. The smallest absolute Gasteiger partial charge is 0.374 e. The minimum absolute atomic E-state index is 0.156. The lowest BCUT2D eigenvalue weighted by Crippen LogP contribution is -1.92. The first-order valence-electron chi connectivity index (χ1n) is 4.96. The highest BCUT2D eigenvalue weighted by atomic mass is 79.9. The van der Waals surface area contributed by atoms with E-state index in [1.807, 2.05) is 26.0 Å². The Morgan fingerprint density at radius 2 is 2.06 bits per heavy atom. The van der Waals surface area contributed by atoms with Crippen LogP contribution in [-0.2, 0) is 0 Å². The third-order valence-corrected chi connectivity index (χ3v) is 3.09. The fourth-order valence-corrected chi connectivity index (χ4v) is 2.16. The zero-order chi connectivity index (χ0) is 12.6. The number of rotatable bonds is 2. The summed E-state index contributed by atoms with van der Waals surface area (Å²) in [5, 5.41) is 12.6. The molecule has 0 aliphatic rings. The first-order chi connectivity index (χ1) is 7.99. The van der Waals surface area contributed by atoms with Crippen LogP contribution in [0, 0.1) is 13.8 Å². The molecule has 5 heteroatoms. The van der Waals surface area contributed by atoms with E-state index >= 15 is 0 Å². The predicted octanol–water partition coefficient (Wildman–Crippen LogP) is 3.42. The van der Waals surface area contributed by atoms with E-state index in [-0.39, 0.29) is 5.76 Å². The van der Waals surface area contributed by atoms with E-state index in [2.05, 4.69) is 21.1 Å². The zero-order valence-electron chi connectivity index (χ0n) is 9.32. The van der Waals surface area contributed by atoms with Crippen molar-refractivity contribution in [3.63, 3.8) is 0 Å². The van der Waals surface area contributed by atoms with Gasteiger partial charge in [0.1, 0.15) is 5.69 Å². The summed E-state index contributed by atoms with van der Waals surface area (Å²) in [6, 6.07) is 5.32. The molecule has 0 fully saturated rings. The molecule has 0 spiro atoms. The van der Waals surface area contributed by atoms with Crippen molar-refractivity contribution in [2.75, 3.05) is 0 Å². The Morgan fingerprint density at radius 1 is 1.35 bits per heavy atom. The van der Waals surface area contributed by atoms with Gasteiger partial charge in [-0.2, -0.15) is 0 Å². The van der Waals surface area contributed by atoms with E-state index < -0.39 is 5.97 Å². The summed E-state index contributed by atoms with van der Waals surface area (Å²) in [4.78, 5) is 10.7. The third-order valence-electron chi connectivity index (χ3n) is 2.63. The van der Waals surface area contributed by atoms with Gasteiger partial charge in [-0.15, -0.1) is 0 Å². The van der Waals surface area contributed by atoms with Crippen LogP contribution in [0.15, 0.2) is 27.2 Å². The molecule has 4 nitrogen and oxygen atoms in total. The van der Waals surface area contributed by atoms with Gasteiger partial charge in [-0.1, -0.05) is 21.1 Å². The molecule has 1 N–H and O–H groups in total. The molecule has 0 saturated heterocycles. The second-order valence-corrected chi connectivity index (χ2v) is 4.69. The molecule has 1 aromatic carbocycles. The molecule has 2 aromatic rings. The van der Waals surface area contributed by atoms with Crippen molar-refractivity contribution in [3.8, 4) is 11.3 Å². The van der Waals surface area contributed by atoms with Crippen LogP contribution in [0.2, 0.25) is 0 Å². The number of aromatic nitrogens is 1. The van der Waals surface area contributed by atoms with E-state index in [0.717, 1.165) is 21.2 Å². The van der Waals surface area contributed by atoms with Crippen LogP contribution < -0.4 is 0 Å². The standard InChI is InChI=1S/C12H10BrNO3/c1-6-3-8(13)4-9(7(6)2)10-5-11(12(15)16)17-14-10/h3-5H,1-2H3,(H,15,16). The van der Waals surface area contributed by atoms with Crippen molar-refractivity contribution >= 4 is 21.9 Å². The highest BCUT2D eigenvalue weighted by molar-refractivity contribution is 9.10. The van der Waals surface area contributed by atoms with E-state index in [1.165, 1.54) is 6.07 Å². The average Bonchev–Trinajstić information content (AvgIpc) is 2.72. The number of hydrogen-bond acceptors (Lipinski definition) is 3. The largest absolute Gasteiger partial charge is 0.475 e. The molecule has 0 aliphatic heterocycles. The number of carboxylic acids is 1. The molecule has 0 unspecified atom stereocenters. The fraction of sp³-hybridized carbons (Fsp3) is 0.167. The maximum Gasteiger partial charge on any atom is 0.374 e. The van der Waals surface area contributed by atoms with Crippen LogP contribution in [0.4, 0.5) is 0 Å². The van der Waals surface area contributed by atoms with Crippen molar-refractivity contribution in [1.82, 2.24) is 5.16 Å². The summed E-state index contributed by atoms with van der Waals surface area (Å²) in [6.45, 7) is 3.95. The van der Waals surface area contributed by atoms with Gasteiger partial charge in [-0.3, -0.25) is 0 Å². The monoisotopic (exact) mass is 295 g/mol. The number of carbonyl (C=O) groups is 1. The minimum atomic E-state index is -1.12. The third kappa shape index (κ3) is 2.24. The second kappa shape index (κ2) is 4.33. The Labute approximate surface area is 106 Å². The van der Waals surface area contributed by atoms with Gasteiger partial charge in [-0.25, -0.2) is 4.79 Å². The van der Waals surface area contributed by atoms with Gasteiger partial charge in [-0.05, 0) is 37.1 Å². The Kier molecular flexibility index (Phi) is 3.02. The van der Waals surface area contributed by atoms with Crippen molar-refractivity contribution in [1.29, 1.82) is 0 Å². The SMILES string of the molecule is Cc1cc(Br)cc(-c2cc(C(=O)O)on2)c1C. The highest BCUT2D eigenvalue weighted by Crippen LogP contribution is 2.29. The second-order valence-electron chi connectivity index (χ2n) is 3.78. The van der Waals surface area contributed by atoms with Crippen LogP contribution in [0.1, 0.15) is 21.7 Å². The van der Waals surface area contributed by atoms with Gasteiger partial charge in [0, 0.05) is 16.1 Å². The maximum atomic E-state index is 10.7. The van der Waals surface area contributed by atoms with E-state index in [0.29, 0.717) is 5.69 Å². The molecule has 0 bridgehead atoms. The molecule has 17 heavy (non-hydrogen) atoms. The lowest BCUT2D eigenvalue weighted by atomic mass is 10.0. The van der Waals surface area contributed by atoms with Crippen LogP contribution in [-0.4, -0.2) is 16.2 Å². The van der Waals surface area contributed by atoms with Crippen LogP contribution in [0.5, 0.6) is 0 Å². The fourth-order valence-electron chi connectivity index (χ4n) is 1.58. The van der Waals surface area contributed by atoms with Gasteiger partial charge in [0.25, 0.3) is 0 Å². The summed E-state index contributed by atoms with van der Waals surface area (Å²) >= 11 is 3.41. The topological polar surface area (TPSA) is 63.3 Å². The van der Waals surface area contributed by atoms with Gasteiger partial charge in [0.05, 0.1) is 0 Å². The lowest BCUT2D eigenvalue weighted by Gasteiger charge is -2.06. The minimum Gasteiger partial charge on any atom is -0.475 e. The summed E-state index contributed by atoms with van der Waals surface area (Å²) in [5.41, 5.74) is 3.56. The first kappa shape index (κ1) is 11.9. The van der Waals surface area contributed by atoms with Gasteiger partial charge in [0.2, 0.25) is 5.76 Å². The van der Waals surface area contributed by atoms with Crippen LogP contribution >= 0.6 is 15.9 Å². The molecule has 88 valence electrons. The molecular weight excluding hydrogens is 286 g/mol. The molecular formula is C12H10BrNO3. The van der Waals surface area contributed by atoms with Crippen molar-refractivity contribution in [2.45, 2.75) is 13.8 Å². The van der Waals surface area contributed by atoms with E-state index in [9.17, 15) is 4.79 Å². The number of aromatic carboxylic acids is 1. The zero-order valence-corrected chi connectivity index (χ0v) is 10.9. The summed E-state index contributed by atoms with van der Waals surface area (Å²) in [7, 11) is 0. The predicted molar refractivity (Wildman–Crippen MR) is 66.1 cm³/mol. The number of halogens is 1. The normalized spacial score (nSPS) is 10.5. The molecule has 1 aromatic heterocycles. The molecule has 2 rings (SSSR count). The summed E-state index contributed by atoms with van der Waals surface area (Å²) in [6.07, 6.45) is 0. The van der Waals surface area contributed by atoms with E-state index in [4.69, 9.17) is 9.63 Å². The Bertz CT molecular complexity index is 589. The molecule has 1 heterocycles. The average molecular weight is 296 g/mol. The molecule has 0 atom stereocenters. The van der Waals surface area contributed by atoms with Crippen LogP contribution in [0.25, 0.3) is 11.3 Å². The maximum absolute atomic E-state index is 10.7. The summed E-state index contributed by atoms with van der Waals surface area (Å²) in [5.74, 6) is -1.27. The number of carboxylic acid groups (broad SMARTS) is 1. The highest BCUT2D eigenvalue weighted by Gasteiger charge is 2.14. The van der Waals surface area contributed by atoms with Crippen molar-refractivity contribution in [3.05, 3.63) is 39.6 Å². The quantitative estimate of drug-likeness (QED) is 0.922. The molecule has 0 saturated carbocycles. The van der Waals surface area contributed by atoms with Gasteiger partial charge < -0.3 is 9.63 Å². The first-order valence-corrected chi connectivity index (χ1v) is 5.75. The van der Waals surface area contributed by atoms with E-state index in [1.54, 1.807) is 0 Å². The Morgan fingerprint density at radius 3 is 2.65 bits per heavy atom. The lowest BCUT2D eigenvalue weighted by molar-refractivity contribution is 0.0652. The number of hydrogen-bond donors (Lipinski definition) is 1. The molecule has 0 amide bonds. The molecule has 0 aliphatic carbocycles. The number of benzene rings is 1. The Hall–Kier alpha value is -1.62. The van der Waals surface area contributed by atoms with Gasteiger partial charge >= 0.3 is 5.97 Å². The van der Waals surface area contributed by atoms with Gasteiger partial charge in [0.15, 0.2) is 0 Å². The van der Waals surface area contributed by atoms with Crippen molar-refractivity contribution < 1.29 is 14.4 Å². The molecule has 0 radical (unpaired) electrons.